The average Bonchev–Trinajstić information content (AvgIpc) is 2.57. The van der Waals surface area contributed by atoms with E-state index in [9.17, 15) is 14.3 Å². The van der Waals surface area contributed by atoms with Crippen LogP contribution in [0.2, 0.25) is 0 Å². The number of aliphatic imine (C=N–C) groups is 1. The number of carbonyl (C=O) groups excluding carboxylic acids is 1. The van der Waals surface area contributed by atoms with Crippen LogP contribution in [-0.2, 0) is 15.5 Å². The molecule has 1 aromatic rings. The van der Waals surface area contributed by atoms with Gasteiger partial charge in [0.15, 0.2) is 5.60 Å². The van der Waals surface area contributed by atoms with Gasteiger partial charge in [-0.3, -0.25) is 9.79 Å². The number of alkyl halides is 2. The monoisotopic (exact) mass is 370 g/mol. The van der Waals surface area contributed by atoms with Crippen LogP contribution in [0.4, 0.5) is 13.2 Å². The summed E-state index contributed by atoms with van der Waals surface area (Å²) in [5, 5.41) is 10.8. The van der Waals surface area contributed by atoms with E-state index in [1.165, 1.54) is 25.3 Å². The molecule has 0 saturated carbocycles. The molecule has 3 N–H and O–H groups in total. The summed E-state index contributed by atoms with van der Waals surface area (Å²) in [4.78, 5) is 16.3. The maximum Gasteiger partial charge on any atom is 0.303 e. The van der Waals surface area contributed by atoms with Crippen molar-refractivity contribution in [2.75, 3.05) is 7.11 Å². The first-order chi connectivity index (χ1) is 12.0. The highest BCUT2D eigenvalue weighted by atomic mass is 19.3. The van der Waals surface area contributed by atoms with E-state index in [1.54, 1.807) is 0 Å². The molecule has 0 fully saturated rings. The maximum absolute atomic E-state index is 15.2. The smallest absolute Gasteiger partial charge is 0.303 e. The van der Waals surface area contributed by atoms with E-state index < -0.39 is 46.4 Å². The summed E-state index contributed by atoms with van der Waals surface area (Å²) in [6.07, 6.45) is 2.39. The number of amides is 1. The molecular weight excluding hydrogens is 349 g/mol. The molecule has 1 heterocycles. The van der Waals surface area contributed by atoms with Crippen LogP contribution in [0.5, 0.6) is 0 Å². The first kappa shape index (κ1) is 20.1. The lowest BCUT2D eigenvalue weighted by atomic mass is 9.66. The summed E-state index contributed by atoms with van der Waals surface area (Å²) in [5.41, 5.74) is 0.238. The fraction of sp³-hybridized carbons (Fsp3) is 0.444. The van der Waals surface area contributed by atoms with Gasteiger partial charge in [0.05, 0.1) is 6.04 Å². The molecule has 4 unspecified atom stereocenters. The lowest BCUT2D eigenvalue weighted by Crippen LogP contribution is -2.65. The van der Waals surface area contributed by atoms with Crippen molar-refractivity contribution >= 4 is 12.1 Å². The molecule has 2 rings (SSSR count). The Bertz CT molecular complexity index is 732. The number of allylic oxidation sites excluding steroid dienone is 1. The van der Waals surface area contributed by atoms with Crippen molar-refractivity contribution in [3.8, 4) is 0 Å². The molecule has 0 aliphatic carbocycles. The molecule has 0 spiro atoms. The SMILES string of the molecule is COC(C1(C(N)=O)C=CC=NC1C)C(C)(O)C(F)(F)c1ccc(F)cc1. The number of nitrogens with two attached hydrogens (primary N) is 1. The Kier molecular flexibility index (Phi) is 5.30. The first-order valence-corrected chi connectivity index (χ1v) is 7.91. The van der Waals surface area contributed by atoms with Gasteiger partial charge in [-0.05, 0) is 32.1 Å². The molecule has 1 aliphatic heterocycles. The zero-order valence-corrected chi connectivity index (χ0v) is 14.6. The molecule has 5 nitrogen and oxygen atoms in total. The van der Waals surface area contributed by atoms with E-state index in [-0.39, 0.29) is 0 Å². The number of methoxy groups -OCH3 is 1. The Hall–Kier alpha value is -2.19. The Morgan fingerprint density at radius 3 is 2.42 bits per heavy atom. The molecule has 0 saturated heterocycles. The molecule has 0 radical (unpaired) electrons. The minimum atomic E-state index is -3.88. The number of hydrogen-bond donors (Lipinski definition) is 2. The number of ether oxygens (including phenoxy) is 1. The molecule has 142 valence electrons. The third-order valence-electron chi connectivity index (χ3n) is 4.91. The summed E-state index contributed by atoms with van der Waals surface area (Å²) in [6.45, 7) is 2.37. The number of primary amides is 1. The van der Waals surface area contributed by atoms with Crippen molar-refractivity contribution < 1.29 is 27.8 Å². The molecule has 8 heteroatoms. The molecule has 1 amide bonds. The van der Waals surface area contributed by atoms with Crippen molar-refractivity contribution in [3.05, 3.63) is 47.8 Å². The summed E-state index contributed by atoms with van der Waals surface area (Å²) in [6, 6.07) is 2.61. The molecule has 26 heavy (non-hydrogen) atoms. The van der Waals surface area contributed by atoms with E-state index in [0.717, 1.165) is 38.3 Å². The number of aliphatic hydroxyl groups is 1. The lowest BCUT2D eigenvalue weighted by Gasteiger charge is -2.47. The van der Waals surface area contributed by atoms with Crippen LogP contribution < -0.4 is 5.73 Å². The zero-order chi connectivity index (χ0) is 19.8. The van der Waals surface area contributed by atoms with Crippen molar-refractivity contribution in [2.24, 2.45) is 16.1 Å². The second kappa shape index (κ2) is 6.85. The second-order valence-corrected chi connectivity index (χ2v) is 6.48. The minimum absolute atomic E-state index is 0.624. The molecule has 0 bridgehead atoms. The standard InChI is InChI=1S/C18H21F3N2O3/c1-11-17(15(22)24,9-4-10-23-11)14(26-3)16(2,25)18(20,21)12-5-7-13(19)8-6-12/h4-11,14,25H,1-3H3,(H2,22,24). The van der Waals surface area contributed by atoms with Gasteiger partial charge in [0.25, 0.3) is 0 Å². The van der Waals surface area contributed by atoms with Crippen LogP contribution in [0.1, 0.15) is 19.4 Å². The molecule has 1 aromatic carbocycles. The maximum atomic E-state index is 15.2. The van der Waals surface area contributed by atoms with Crippen molar-refractivity contribution in [1.29, 1.82) is 0 Å². The van der Waals surface area contributed by atoms with Gasteiger partial charge in [0.1, 0.15) is 17.3 Å². The summed E-state index contributed by atoms with van der Waals surface area (Å²) < 4.78 is 48.6. The van der Waals surface area contributed by atoms with Crippen LogP contribution in [0.15, 0.2) is 41.4 Å². The van der Waals surface area contributed by atoms with Gasteiger partial charge in [-0.25, -0.2) is 4.39 Å². The van der Waals surface area contributed by atoms with Crippen LogP contribution in [0.3, 0.4) is 0 Å². The van der Waals surface area contributed by atoms with Gasteiger partial charge in [-0.2, -0.15) is 8.78 Å². The highest BCUT2D eigenvalue weighted by Crippen LogP contribution is 2.48. The Balaban J connectivity index is 2.59. The Labute approximate surface area is 149 Å². The van der Waals surface area contributed by atoms with E-state index in [4.69, 9.17) is 10.5 Å². The fourth-order valence-electron chi connectivity index (χ4n) is 3.37. The van der Waals surface area contributed by atoms with Crippen LogP contribution in [0, 0.1) is 11.2 Å². The zero-order valence-electron chi connectivity index (χ0n) is 14.6. The second-order valence-electron chi connectivity index (χ2n) is 6.48. The van der Waals surface area contributed by atoms with E-state index >= 15 is 8.78 Å². The summed E-state index contributed by atoms with van der Waals surface area (Å²) >= 11 is 0. The molecule has 0 aromatic heterocycles. The van der Waals surface area contributed by atoms with Gasteiger partial charge in [0, 0.05) is 18.9 Å². The number of nitrogens with zero attached hydrogens (tertiary/aromatic N) is 1. The highest BCUT2D eigenvalue weighted by molar-refractivity contribution is 5.88. The Morgan fingerprint density at radius 1 is 1.38 bits per heavy atom. The molecule has 1 aliphatic rings. The van der Waals surface area contributed by atoms with Crippen molar-refractivity contribution in [1.82, 2.24) is 0 Å². The topological polar surface area (TPSA) is 84.9 Å². The minimum Gasteiger partial charge on any atom is -0.381 e. The van der Waals surface area contributed by atoms with Crippen LogP contribution in [0.25, 0.3) is 0 Å². The number of benzene rings is 1. The van der Waals surface area contributed by atoms with Gasteiger partial charge in [0.2, 0.25) is 5.91 Å². The van der Waals surface area contributed by atoms with E-state index in [1.807, 2.05) is 0 Å². The molecule has 4 atom stereocenters. The molecular formula is C18H21F3N2O3. The number of dihydropyridines is 1. The highest BCUT2D eigenvalue weighted by Gasteiger charge is 2.64. The fourth-order valence-corrected chi connectivity index (χ4v) is 3.37. The third-order valence-corrected chi connectivity index (χ3v) is 4.91. The van der Waals surface area contributed by atoms with E-state index in [2.05, 4.69) is 4.99 Å². The number of carbonyl (C=O) groups is 1. The van der Waals surface area contributed by atoms with Crippen molar-refractivity contribution in [3.63, 3.8) is 0 Å². The van der Waals surface area contributed by atoms with Gasteiger partial charge >= 0.3 is 5.92 Å². The van der Waals surface area contributed by atoms with Crippen LogP contribution >= 0.6 is 0 Å². The largest absolute Gasteiger partial charge is 0.381 e. The summed E-state index contributed by atoms with van der Waals surface area (Å²) in [7, 11) is 1.10. The van der Waals surface area contributed by atoms with Crippen molar-refractivity contribution in [2.45, 2.75) is 37.5 Å². The van der Waals surface area contributed by atoms with Gasteiger partial charge in [-0.1, -0.05) is 18.2 Å². The average molecular weight is 370 g/mol. The summed E-state index contributed by atoms with van der Waals surface area (Å²) in [5.74, 6) is -5.53. The Morgan fingerprint density at radius 2 is 1.96 bits per heavy atom. The number of hydrogen-bond acceptors (Lipinski definition) is 4. The number of halogens is 3. The van der Waals surface area contributed by atoms with E-state index in [0.29, 0.717) is 0 Å². The predicted molar refractivity (Wildman–Crippen MR) is 90.4 cm³/mol. The van der Waals surface area contributed by atoms with Crippen LogP contribution in [-0.4, -0.2) is 42.1 Å². The van der Waals surface area contributed by atoms with Gasteiger partial charge in [-0.15, -0.1) is 0 Å². The quantitative estimate of drug-likeness (QED) is 0.805. The normalized spacial score (nSPS) is 26.3. The van der Waals surface area contributed by atoms with Gasteiger partial charge < -0.3 is 15.6 Å². The first-order valence-electron chi connectivity index (χ1n) is 7.91. The predicted octanol–water partition coefficient (Wildman–Crippen LogP) is 2.18. The number of rotatable bonds is 6. The third kappa shape index (κ3) is 2.93. The lowest BCUT2D eigenvalue weighted by molar-refractivity contribution is -0.248.